The number of methoxy groups -OCH3 is 1. The minimum atomic E-state index is -0.451. The summed E-state index contributed by atoms with van der Waals surface area (Å²) in [7, 11) is 1.61. The molecule has 2 aromatic heterocycles. The molecule has 2 aromatic rings. The molecule has 16 heavy (non-hydrogen) atoms. The van der Waals surface area contributed by atoms with E-state index < -0.39 is 6.10 Å². The number of halogens is 1. The maximum absolute atomic E-state index is 9.37. The normalized spacial score (nSPS) is 13.0. The summed E-state index contributed by atoms with van der Waals surface area (Å²) in [4.78, 5) is 4.22. The minimum absolute atomic E-state index is 0.443. The van der Waals surface area contributed by atoms with Crippen LogP contribution in [0.4, 0.5) is 0 Å². The van der Waals surface area contributed by atoms with E-state index in [1.807, 2.05) is 22.7 Å². The van der Waals surface area contributed by atoms with E-state index in [0.717, 1.165) is 17.1 Å². The van der Waals surface area contributed by atoms with Crippen molar-refractivity contribution in [2.75, 3.05) is 7.11 Å². The molecule has 0 aliphatic heterocycles. The van der Waals surface area contributed by atoms with Crippen molar-refractivity contribution < 1.29 is 9.84 Å². The predicted octanol–water partition coefficient (Wildman–Crippen LogP) is 1.92. The molecule has 0 saturated heterocycles. The Balaban J connectivity index is 2.56. The number of aliphatic hydroxyl groups is 1. The second-order valence-corrected chi connectivity index (χ2v) is 4.05. The molecule has 1 N–H and O–H groups in total. The summed E-state index contributed by atoms with van der Waals surface area (Å²) < 4.78 is 6.98. The Bertz CT molecular complexity index is 508. The Morgan fingerprint density at radius 3 is 2.94 bits per heavy atom. The van der Waals surface area contributed by atoms with E-state index in [0.29, 0.717) is 11.6 Å². The van der Waals surface area contributed by atoms with Crippen molar-refractivity contribution in [2.24, 2.45) is 0 Å². The molecule has 2 heterocycles. The van der Waals surface area contributed by atoms with Crippen molar-refractivity contribution in [2.45, 2.75) is 19.4 Å². The van der Waals surface area contributed by atoms with Gasteiger partial charge in [0.1, 0.15) is 11.6 Å². The number of nitrogens with zero attached hydrogens (tertiary/aromatic N) is 2. The van der Waals surface area contributed by atoms with Gasteiger partial charge in [0.15, 0.2) is 5.15 Å². The highest BCUT2D eigenvalue weighted by Crippen LogP contribution is 2.22. The lowest BCUT2D eigenvalue weighted by molar-refractivity contribution is 0.192. The van der Waals surface area contributed by atoms with Gasteiger partial charge in [0.2, 0.25) is 0 Å². The molecule has 2 rings (SSSR count). The van der Waals surface area contributed by atoms with Crippen LogP contribution in [0.3, 0.4) is 0 Å². The minimum Gasteiger partial charge on any atom is -0.495 e. The van der Waals surface area contributed by atoms with Crippen LogP contribution in [0.15, 0.2) is 18.3 Å². The molecule has 0 bridgehead atoms. The zero-order chi connectivity index (χ0) is 11.7. The Labute approximate surface area is 98.4 Å². The van der Waals surface area contributed by atoms with E-state index in [4.69, 9.17) is 16.3 Å². The molecule has 0 aliphatic carbocycles. The van der Waals surface area contributed by atoms with Gasteiger partial charge < -0.3 is 9.84 Å². The highest BCUT2D eigenvalue weighted by atomic mass is 35.5. The molecule has 4 nitrogen and oxygen atoms in total. The Kier molecular flexibility index (Phi) is 3.03. The largest absolute Gasteiger partial charge is 0.495 e. The fourth-order valence-electron chi connectivity index (χ4n) is 1.62. The molecule has 1 unspecified atom stereocenters. The molecule has 0 spiro atoms. The van der Waals surface area contributed by atoms with E-state index in [-0.39, 0.29) is 0 Å². The fourth-order valence-corrected chi connectivity index (χ4v) is 1.87. The highest BCUT2D eigenvalue weighted by molar-refractivity contribution is 6.32. The SMILES string of the molecule is COc1ccc2c(Cl)nc(CC(C)O)n2c1. The van der Waals surface area contributed by atoms with Gasteiger partial charge in [-0.2, -0.15) is 0 Å². The smallest absolute Gasteiger partial charge is 0.155 e. The summed E-state index contributed by atoms with van der Waals surface area (Å²) in [6, 6.07) is 3.68. The average Bonchev–Trinajstić information content (AvgIpc) is 2.54. The fraction of sp³-hybridized carbons (Fsp3) is 0.364. The van der Waals surface area contributed by atoms with Gasteiger partial charge >= 0.3 is 0 Å². The van der Waals surface area contributed by atoms with Crippen LogP contribution < -0.4 is 4.74 Å². The van der Waals surface area contributed by atoms with Crippen LogP contribution in [-0.4, -0.2) is 27.7 Å². The van der Waals surface area contributed by atoms with Crippen LogP contribution in [0.5, 0.6) is 5.75 Å². The quantitative estimate of drug-likeness (QED) is 0.892. The van der Waals surface area contributed by atoms with Gasteiger partial charge in [0.05, 0.1) is 24.9 Å². The van der Waals surface area contributed by atoms with Crippen LogP contribution in [0.1, 0.15) is 12.7 Å². The lowest BCUT2D eigenvalue weighted by atomic mass is 10.3. The summed E-state index contributed by atoms with van der Waals surface area (Å²) in [5.74, 6) is 1.46. The number of hydrogen-bond acceptors (Lipinski definition) is 3. The molecular formula is C11H13ClN2O2. The Morgan fingerprint density at radius 2 is 2.31 bits per heavy atom. The van der Waals surface area contributed by atoms with Gasteiger partial charge in [0, 0.05) is 6.42 Å². The van der Waals surface area contributed by atoms with Gasteiger partial charge in [-0.15, -0.1) is 0 Å². The first-order chi connectivity index (χ1) is 7.61. The van der Waals surface area contributed by atoms with Crippen LogP contribution in [-0.2, 0) is 6.42 Å². The zero-order valence-electron chi connectivity index (χ0n) is 9.14. The summed E-state index contributed by atoms with van der Waals surface area (Å²) in [6.45, 7) is 1.72. The zero-order valence-corrected chi connectivity index (χ0v) is 9.90. The molecule has 5 heteroatoms. The van der Waals surface area contributed by atoms with Crippen molar-refractivity contribution in [1.29, 1.82) is 0 Å². The second kappa shape index (κ2) is 4.31. The second-order valence-electron chi connectivity index (χ2n) is 3.70. The third kappa shape index (κ3) is 1.99. The summed E-state index contributed by atoms with van der Waals surface area (Å²) in [5.41, 5.74) is 0.818. The average molecular weight is 241 g/mol. The maximum atomic E-state index is 9.37. The van der Waals surface area contributed by atoms with Gasteiger partial charge in [-0.1, -0.05) is 11.6 Å². The third-order valence-corrected chi connectivity index (χ3v) is 2.63. The van der Waals surface area contributed by atoms with E-state index in [1.165, 1.54) is 0 Å². The first-order valence-electron chi connectivity index (χ1n) is 5.00. The van der Waals surface area contributed by atoms with E-state index in [2.05, 4.69) is 4.98 Å². The number of aliphatic hydroxyl groups excluding tert-OH is 1. The van der Waals surface area contributed by atoms with Crippen LogP contribution in [0.2, 0.25) is 5.15 Å². The predicted molar refractivity (Wildman–Crippen MR) is 62.1 cm³/mol. The van der Waals surface area contributed by atoms with Gasteiger partial charge in [-0.05, 0) is 19.1 Å². The van der Waals surface area contributed by atoms with Crippen LogP contribution in [0, 0.1) is 0 Å². The molecule has 0 saturated carbocycles. The van der Waals surface area contributed by atoms with Crippen LogP contribution >= 0.6 is 11.6 Å². The molecule has 0 aromatic carbocycles. The molecule has 0 fully saturated rings. The van der Waals surface area contributed by atoms with E-state index in [9.17, 15) is 5.11 Å². The topological polar surface area (TPSA) is 46.8 Å². The number of pyridine rings is 1. The Hall–Kier alpha value is -1.26. The number of rotatable bonds is 3. The molecule has 1 atom stereocenters. The molecule has 0 aliphatic rings. The summed E-state index contributed by atoms with van der Waals surface area (Å²) in [5, 5.41) is 9.82. The number of aromatic nitrogens is 2. The van der Waals surface area contributed by atoms with E-state index in [1.54, 1.807) is 14.0 Å². The maximum Gasteiger partial charge on any atom is 0.155 e. The van der Waals surface area contributed by atoms with Crippen molar-refractivity contribution in [3.8, 4) is 5.75 Å². The number of ether oxygens (including phenoxy) is 1. The van der Waals surface area contributed by atoms with Gasteiger partial charge in [-0.3, -0.25) is 4.40 Å². The molecular weight excluding hydrogens is 228 g/mol. The Morgan fingerprint density at radius 1 is 1.56 bits per heavy atom. The molecule has 0 radical (unpaired) electrons. The standard InChI is InChI=1S/C11H13ClN2O2/c1-7(15)5-10-13-11(12)9-4-3-8(16-2)6-14(9)10/h3-4,6-7,15H,5H2,1-2H3. The van der Waals surface area contributed by atoms with Crippen molar-refractivity contribution in [3.63, 3.8) is 0 Å². The van der Waals surface area contributed by atoms with Crippen molar-refractivity contribution in [1.82, 2.24) is 9.38 Å². The van der Waals surface area contributed by atoms with Crippen molar-refractivity contribution in [3.05, 3.63) is 29.3 Å². The summed E-state index contributed by atoms with van der Waals surface area (Å²) >= 11 is 6.00. The van der Waals surface area contributed by atoms with Crippen molar-refractivity contribution >= 4 is 17.1 Å². The first kappa shape index (κ1) is 11.2. The number of hydrogen-bond donors (Lipinski definition) is 1. The summed E-state index contributed by atoms with van der Waals surface area (Å²) in [6.07, 6.45) is 1.82. The van der Waals surface area contributed by atoms with Gasteiger partial charge in [0.25, 0.3) is 0 Å². The highest BCUT2D eigenvalue weighted by Gasteiger charge is 2.11. The molecule has 86 valence electrons. The number of imidazole rings is 1. The van der Waals surface area contributed by atoms with E-state index >= 15 is 0 Å². The molecule has 0 amide bonds. The van der Waals surface area contributed by atoms with Gasteiger partial charge in [-0.25, -0.2) is 4.98 Å². The monoisotopic (exact) mass is 240 g/mol. The number of fused-ring (bicyclic) bond motifs is 1. The lowest BCUT2D eigenvalue weighted by Gasteiger charge is -2.05. The lowest BCUT2D eigenvalue weighted by Crippen LogP contribution is -2.07. The third-order valence-electron chi connectivity index (χ3n) is 2.35. The van der Waals surface area contributed by atoms with Crippen LogP contribution in [0.25, 0.3) is 5.52 Å². The first-order valence-corrected chi connectivity index (χ1v) is 5.38.